The predicted molar refractivity (Wildman–Crippen MR) is 79.8 cm³/mol. The molecule has 1 fully saturated rings. The standard InChI is InChI=1S/C16H24N2O2/c1-2-3-10-20-16-9-8-14(12-17-16)18-15(19)11-13-6-4-5-7-13/h8-9,12-13H,2-7,10-11H2,1H3,(H,18,19). The average Bonchev–Trinajstić information content (AvgIpc) is 2.94. The first-order valence-corrected chi connectivity index (χ1v) is 7.66. The molecule has 4 nitrogen and oxygen atoms in total. The number of amides is 1. The highest BCUT2D eigenvalue weighted by Gasteiger charge is 2.18. The number of hydrogen-bond donors (Lipinski definition) is 1. The zero-order valence-electron chi connectivity index (χ0n) is 12.2. The van der Waals surface area contributed by atoms with Crippen molar-refractivity contribution in [2.24, 2.45) is 5.92 Å². The molecule has 1 N–H and O–H groups in total. The maximum Gasteiger partial charge on any atom is 0.224 e. The largest absolute Gasteiger partial charge is 0.478 e. The van der Waals surface area contributed by atoms with Gasteiger partial charge in [-0.2, -0.15) is 0 Å². The van der Waals surface area contributed by atoms with E-state index < -0.39 is 0 Å². The molecule has 1 aromatic rings. The number of carbonyl (C=O) groups excluding carboxylic acids is 1. The van der Waals surface area contributed by atoms with Crippen LogP contribution < -0.4 is 10.1 Å². The number of unbranched alkanes of at least 4 members (excludes halogenated alkanes) is 1. The second kappa shape index (κ2) is 7.88. The minimum atomic E-state index is 0.0957. The minimum absolute atomic E-state index is 0.0957. The number of ether oxygens (including phenoxy) is 1. The number of nitrogens with zero attached hydrogens (tertiary/aromatic N) is 1. The van der Waals surface area contributed by atoms with Crippen molar-refractivity contribution in [1.82, 2.24) is 4.98 Å². The Balaban J connectivity index is 1.76. The SMILES string of the molecule is CCCCOc1ccc(NC(=O)CC2CCCC2)cn1. The number of pyridine rings is 1. The summed E-state index contributed by atoms with van der Waals surface area (Å²) in [4.78, 5) is 16.1. The maximum absolute atomic E-state index is 11.9. The van der Waals surface area contributed by atoms with Crippen LogP contribution in [-0.2, 0) is 4.79 Å². The van der Waals surface area contributed by atoms with Gasteiger partial charge < -0.3 is 10.1 Å². The molecule has 0 bridgehead atoms. The number of rotatable bonds is 7. The molecule has 1 aliphatic carbocycles. The first kappa shape index (κ1) is 14.8. The topological polar surface area (TPSA) is 51.2 Å². The highest BCUT2D eigenvalue weighted by molar-refractivity contribution is 5.90. The van der Waals surface area contributed by atoms with Crippen LogP contribution in [0.25, 0.3) is 0 Å². The zero-order valence-corrected chi connectivity index (χ0v) is 12.2. The van der Waals surface area contributed by atoms with E-state index in [-0.39, 0.29) is 5.91 Å². The van der Waals surface area contributed by atoms with Gasteiger partial charge in [0.1, 0.15) is 0 Å². The minimum Gasteiger partial charge on any atom is -0.478 e. The first-order valence-electron chi connectivity index (χ1n) is 7.66. The molecular weight excluding hydrogens is 252 g/mol. The fourth-order valence-electron chi connectivity index (χ4n) is 2.55. The van der Waals surface area contributed by atoms with Crippen molar-refractivity contribution >= 4 is 11.6 Å². The van der Waals surface area contributed by atoms with Crippen molar-refractivity contribution in [2.45, 2.75) is 51.9 Å². The normalized spacial score (nSPS) is 15.2. The Morgan fingerprint density at radius 1 is 1.40 bits per heavy atom. The van der Waals surface area contributed by atoms with E-state index in [4.69, 9.17) is 4.74 Å². The molecule has 1 aliphatic rings. The quantitative estimate of drug-likeness (QED) is 0.771. The predicted octanol–water partition coefficient (Wildman–Crippen LogP) is 3.78. The summed E-state index contributed by atoms with van der Waals surface area (Å²) < 4.78 is 5.49. The van der Waals surface area contributed by atoms with E-state index in [1.165, 1.54) is 25.7 Å². The van der Waals surface area contributed by atoms with Gasteiger partial charge >= 0.3 is 0 Å². The van der Waals surface area contributed by atoms with Crippen LogP contribution >= 0.6 is 0 Å². The molecule has 1 aromatic heterocycles. The lowest BCUT2D eigenvalue weighted by atomic mass is 10.0. The van der Waals surface area contributed by atoms with Crippen LogP contribution in [-0.4, -0.2) is 17.5 Å². The molecule has 20 heavy (non-hydrogen) atoms. The van der Waals surface area contributed by atoms with E-state index in [0.29, 0.717) is 24.8 Å². The second-order valence-electron chi connectivity index (χ2n) is 5.49. The number of anilines is 1. The Kier molecular flexibility index (Phi) is 5.84. The third-order valence-electron chi connectivity index (χ3n) is 3.72. The van der Waals surface area contributed by atoms with Gasteiger partial charge in [-0.3, -0.25) is 4.79 Å². The molecule has 0 unspecified atom stereocenters. The summed E-state index contributed by atoms with van der Waals surface area (Å²) in [6.07, 6.45) is 9.35. The Morgan fingerprint density at radius 3 is 2.85 bits per heavy atom. The van der Waals surface area contributed by atoms with Gasteiger partial charge in [0.05, 0.1) is 18.5 Å². The summed E-state index contributed by atoms with van der Waals surface area (Å²) in [5, 5.41) is 2.91. The third-order valence-corrected chi connectivity index (χ3v) is 3.72. The molecule has 1 amide bonds. The molecule has 4 heteroatoms. The molecule has 110 valence electrons. The van der Waals surface area contributed by atoms with Crippen molar-refractivity contribution in [1.29, 1.82) is 0 Å². The summed E-state index contributed by atoms with van der Waals surface area (Å²) in [6.45, 7) is 2.82. The Labute approximate surface area is 120 Å². The van der Waals surface area contributed by atoms with Crippen molar-refractivity contribution in [3.8, 4) is 5.88 Å². The molecule has 0 spiro atoms. The van der Waals surface area contributed by atoms with Crippen molar-refractivity contribution in [3.63, 3.8) is 0 Å². The first-order chi connectivity index (χ1) is 9.78. The maximum atomic E-state index is 11.9. The summed E-state index contributed by atoms with van der Waals surface area (Å²) in [6, 6.07) is 3.65. The van der Waals surface area contributed by atoms with Gasteiger partial charge in [0.2, 0.25) is 11.8 Å². The van der Waals surface area contributed by atoms with Gasteiger partial charge in [-0.1, -0.05) is 26.2 Å². The number of carbonyl (C=O) groups is 1. The van der Waals surface area contributed by atoms with Crippen LogP contribution in [0.5, 0.6) is 5.88 Å². The van der Waals surface area contributed by atoms with Crippen molar-refractivity contribution < 1.29 is 9.53 Å². The molecule has 0 aliphatic heterocycles. The summed E-state index contributed by atoms with van der Waals surface area (Å²) in [7, 11) is 0. The lowest BCUT2D eigenvalue weighted by molar-refractivity contribution is -0.117. The molecule has 1 heterocycles. The lowest BCUT2D eigenvalue weighted by Crippen LogP contribution is -2.15. The number of hydrogen-bond acceptors (Lipinski definition) is 3. The van der Waals surface area contributed by atoms with Gasteiger partial charge in [0.15, 0.2) is 0 Å². The van der Waals surface area contributed by atoms with Crippen molar-refractivity contribution in [2.75, 3.05) is 11.9 Å². The summed E-state index contributed by atoms with van der Waals surface area (Å²) in [5.74, 6) is 1.28. The van der Waals surface area contributed by atoms with Crippen molar-refractivity contribution in [3.05, 3.63) is 18.3 Å². The fraction of sp³-hybridized carbons (Fsp3) is 0.625. The summed E-state index contributed by atoms with van der Waals surface area (Å²) >= 11 is 0. The molecule has 0 saturated heterocycles. The summed E-state index contributed by atoms with van der Waals surface area (Å²) in [5.41, 5.74) is 0.746. The molecule has 1 saturated carbocycles. The van der Waals surface area contributed by atoms with E-state index in [9.17, 15) is 4.79 Å². The lowest BCUT2D eigenvalue weighted by Gasteiger charge is -2.10. The van der Waals surface area contributed by atoms with E-state index in [2.05, 4.69) is 17.2 Å². The zero-order chi connectivity index (χ0) is 14.2. The van der Waals surface area contributed by atoms with Gasteiger partial charge in [-0.05, 0) is 31.2 Å². The molecule has 0 aromatic carbocycles. The van der Waals surface area contributed by atoms with Gasteiger partial charge in [0.25, 0.3) is 0 Å². The van der Waals surface area contributed by atoms with Gasteiger partial charge in [-0.25, -0.2) is 4.98 Å². The molecule has 2 rings (SSSR count). The van der Waals surface area contributed by atoms with Crippen LogP contribution in [0.4, 0.5) is 5.69 Å². The Morgan fingerprint density at radius 2 is 2.20 bits per heavy atom. The van der Waals surface area contributed by atoms with E-state index >= 15 is 0 Å². The van der Waals surface area contributed by atoms with Crippen LogP contribution in [0, 0.1) is 5.92 Å². The van der Waals surface area contributed by atoms with E-state index in [0.717, 1.165) is 18.5 Å². The van der Waals surface area contributed by atoms with E-state index in [1.807, 2.05) is 6.07 Å². The highest BCUT2D eigenvalue weighted by atomic mass is 16.5. The van der Waals surface area contributed by atoms with Crippen LogP contribution in [0.15, 0.2) is 18.3 Å². The Bertz CT molecular complexity index is 411. The van der Waals surface area contributed by atoms with Crippen LogP contribution in [0.1, 0.15) is 51.9 Å². The average molecular weight is 276 g/mol. The molecule has 0 atom stereocenters. The second-order valence-corrected chi connectivity index (χ2v) is 5.49. The third kappa shape index (κ3) is 4.83. The van der Waals surface area contributed by atoms with Crippen LogP contribution in [0.3, 0.4) is 0 Å². The van der Waals surface area contributed by atoms with Gasteiger partial charge in [-0.15, -0.1) is 0 Å². The monoisotopic (exact) mass is 276 g/mol. The Hall–Kier alpha value is -1.58. The smallest absolute Gasteiger partial charge is 0.224 e. The number of aromatic nitrogens is 1. The van der Waals surface area contributed by atoms with Gasteiger partial charge in [0, 0.05) is 12.5 Å². The number of nitrogens with one attached hydrogen (secondary N) is 1. The van der Waals surface area contributed by atoms with E-state index in [1.54, 1.807) is 12.3 Å². The molecule has 0 radical (unpaired) electrons. The fourth-order valence-corrected chi connectivity index (χ4v) is 2.55. The molecular formula is C16H24N2O2. The highest BCUT2D eigenvalue weighted by Crippen LogP contribution is 2.27. The van der Waals surface area contributed by atoms with Crippen LogP contribution in [0.2, 0.25) is 0 Å².